The van der Waals surface area contributed by atoms with Gasteiger partial charge in [-0.05, 0) is 56.5 Å². The van der Waals surface area contributed by atoms with Crippen LogP contribution in [0.3, 0.4) is 0 Å². The normalized spacial score (nSPS) is 12.4. The first-order valence-corrected chi connectivity index (χ1v) is 10.0. The lowest BCUT2D eigenvalue weighted by atomic mass is 10.2. The standard InChI is InChI=1S/C21H24N2O4S/c1-11(2)10-26-16-8-6-15(7-9-16)21(25)27-13(4)18-22-19(24)17-12(3)14(5)28-20(17)23-18/h6-9,11,13H,10H2,1-5H3,(H,22,23,24)/t13-/m0/s1. The summed E-state index contributed by atoms with van der Waals surface area (Å²) in [6, 6.07) is 6.81. The molecule has 7 heteroatoms. The number of rotatable bonds is 6. The highest BCUT2D eigenvalue weighted by Crippen LogP contribution is 2.27. The molecule has 3 aromatic rings. The largest absolute Gasteiger partial charge is 0.493 e. The van der Waals surface area contributed by atoms with Crippen molar-refractivity contribution < 1.29 is 14.3 Å². The molecule has 6 nitrogen and oxygen atoms in total. The van der Waals surface area contributed by atoms with Gasteiger partial charge in [-0.3, -0.25) is 4.79 Å². The van der Waals surface area contributed by atoms with Gasteiger partial charge in [-0.2, -0.15) is 0 Å². The summed E-state index contributed by atoms with van der Waals surface area (Å²) in [5, 5.41) is 0.599. The lowest BCUT2D eigenvalue weighted by molar-refractivity contribution is 0.0320. The van der Waals surface area contributed by atoms with Gasteiger partial charge in [0, 0.05) is 4.88 Å². The molecule has 148 valence electrons. The molecule has 28 heavy (non-hydrogen) atoms. The summed E-state index contributed by atoms with van der Waals surface area (Å²) in [6.45, 7) is 10.3. The lowest BCUT2D eigenvalue weighted by Gasteiger charge is -2.13. The Morgan fingerprint density at radius 3 is 2.50 bits per heavy atom. The van der Waals surface area contributed by atoms with Crippen molar-refractivity contribution in [1.82, 2.24) is 9.97 Å². The molecule has 0 amide bonds. The van der Waals surface area contributed by atoms with Crippen molar-refractivity contribution in [2.75, 3.05) is 6.61 Å². The Morgan fingerprint density at radius 1 is 1.18 bits per heavy atom. The number of H-pyrrole nitrogens is 1. The monoisotopic (exact) mass is 400 g/mol. The molecule has 0 aliphatic rings. The Kier molecular flexibility index (Phi) is 5.84. The molecule has 0 bridgehead atoms. The Morgan fingerprint density at radius 2 is 1.86 bits per heavy atom. The van der Waals surface area contributed by atoms with E-state index in [-0.39, 0.29) is 5.56 Å². The van der Waals surface area contributed by atoms with Crippen molar-refractivity contribution in [3.8, 4) is 5.75 Å². The summed E-state index contributed by atoms with van der Waals surface area (Å²) in [6.07, 6.45) is -0.677. The van der Waals surface area contributed by atoms with Crippen LogP contribution in [-0.2, 0) is 4.74 Å². The van der Waals surface area contributed by atoms with E-state index < -0.39 is 12.1 Å². The van der Waals surface area contributed by atoms with Crippen molar-refractivity contribution >= 4 is 27.5 Å². The van der Waals surface area contributed by atoms with Gasteiger partial charge in [0.2, 0.25) is 0 Å². The Balaban J connectivity index is 1.73. The van der Waals surface area contributed by atoms with E-state index in [9.17, 15) is 9.59 Å². The van der Waals surface area contributed by atoms with Crippen LogP contribution in [0, 0.1) is 19.8 Å². The van der Waals surface area contributed by atoms with Crippen LogP contribution in [0.2, 0.25) is 0 Å². The van der Waals surface area contributed by atoms with Gasteiger partial charge in [-0.1, -0.05) is 13.8 Å². The molecular formula is C21H24N2O4S. The molecule has 0 aliphatic heterocycles. The molecule has 0 unspecified atom stereocenters. The fraction of sp³-hybridized carbons (Fsp3) is 0.381. The fourth-order valence-corrected chi connectivity index (χ4v) is 3.74. The number of hydrogen-bond donors (Lipinski definition) is 1. The van der Waals surface area contributed by atoms with Gasteiger partial charge in [0.1, 0.15) is 10.6 Å². The number of nitrogens with one attached hydrogen (secondary N) is 1. The minimum absolute atomic E-state index is 0.212. The van der Waals surface area contributed by atoms with E-state index >= 15 is 0 Å². The van der Waals surface area contributed by atoms with E-state index in [1.54, 1.807) is 31.2 Å². The molecule has 1 aromatic carbocycles. The maximum absolute atomic E-state index is 12.4. The molecule has 0 saturated carbocycles. The van der Waals surface area contributed by atoms with E-state index in [1.807, 2.05) is 13.8 Å². The van der Waals surface area contributed by atoms with Crippen LogP contribution < -0.4 is 10.3 Å². The van der Waals surface area contributed by atoms with Gasteiger partial charge in [-0.25, -0.2) is 9.78 Å². The van der Waals surface area contributed by atoms with Gasteiger partial charge < -0.3 is 14.5 Å². The molecular weight excluding hydrogens is 376 g/mol. The number of esters is 1. The van der Waals surface area contributed by atoms with Crippen LogP contribution in [-0.4, -0.2) is 22.5 Å². The summed E-state index contributed by atoms with van der Waals surface area (Å²) in [7, 11) is 0. The van der Waals surface area contributed by atoms with Crippen LogP contribution in [0.1, 0.15) is 53.5 Å². The lowest BCUT2D eigenvalue weighted by Crippen LogP contribution is -2.17. The average molecular weight is 401 g/mol. The molecule has 3 rings (SSSR count). The summed E-state index contributed by atoms with van der Waals surface area (Å²) in [5.74, 6) is 0.986. The number of ether oxygens (including phenoxy) is 2. The summed E-state index contributed by atoms with van der Waals surface area (Å²) in [4.78, 5) is 33.8. The topological polar surface area (TPSA) is 81.3 Å². The van der Waals surface area contributed by atoms with Crippen LogP contribution in [0.25, 0.3) is 10.2 Å². The number of fused-ring (bicyclic) bond motifs is 1. The highest BCUT2D eigenvalue weighted by Gasteiger charge is 2.19. The third-order valence-electron chi connectivity index (χ3n) is 4.40. The summed E-state index contributed by atoms with van der Waals surface area (Å²) >= 11 is 1.46. The second-order valence-corrected chi connectivity index (χ2v) is 8.39. The molecule has 1 atom stereocenters. The Bertz CT molecular complexity index is 1050. The van der Waals surface area contributed by atoms with Gasteiger partial charge in [-0.15, -0.1) is 11.3 Å². The molecule has 2 aromatic heterocycles. The number of thiophene rings is 1. The van der Waals surface area contributed by atoms with Gasteiger partial charge in [0.05, 0.1) is 17.6 Å². The van der Waals surface area contributed by atoms with E-state index in [0.29, 0.717) is 39.9 Å². The molecule has 0 fully saturated rings. The van der Waals surface area contributed by atoms with Crippen molar-refractivity contribution in [3.05, 3.63) is 56.4 Å². The number of aryl methyl sites for hydroxylation is 2. The van der Waals surface area contributed by atoms with Crippen molar-refractivity contribution in [2.45, 2.75) is 40.7 Å². The van der Waals surface area contributed by atoms with Crippen molar-refractivity contribution in [1.29, 1.82) is 0 Å². The highest BCUT2D eigenvalue weighted by atomic mass is 32.1. The number of nitrogens with zero attached hydrogens (tertiary/aromatic N) is 1. The minimum atomic E-state index is -0.677. The Hall–Kier alpha value is -2.67. The predicted octanol–water partition coefficient (Wildman–Crippen LogP) is 4.55. The van der Waals surface area contributed by atoms with Gasteiger partial charge >= 0.3 is 5.97 Å². The SMILES string of the molecule is Cc1sc2nc([C@H](C)OC(=O)c3ccc(OCC(C)C)cc3)[nH]c(=O)c2c1C. The van der Waals surface area contributed by atoms with E-state index in [1.165, 1.54) is 11.3 Å². The maximum Gasteiger partial charge on any atom is 0.338 e. The zero-order valence-electron chi connectivity index (χ0n) is 16.7. The maximum atomic E-state index is 12.4. The van der Waals surface area contributed by atoms with Crippen LogP contribution in [0.5, 0.6) is 5.75 Å². The third kappa shape index (κ3) is 4.25. The van der Waals surface area contributed by atoms with Crippen LogP contribution >= 0.6 is 11.3 Å². The molecule has 0 saturated heterocycles. The van der Waals surface area contributed by atoms with Gasteiger partial charge in [0.15, 0.2) is 11.9 Å². The van der Waals surface area contributed by atoms with E-state index in [0.717, 1.165) is 10.4 Å². The first-order chi connectivity index (χ1) is 13.3. The van der Waals surface area contributed by atoms with E-state index in [2.05, 4.69) is 23.8 Å². The number of benzene rings is 1. The second kappa shape index (κ2) is 8.14. The number of carbonyl (C=O) groups is 1. The average Bonchev–Trinajstić information content (AvgIpc) is 2.94. The van der Waals surface area contributed by atoms with Crippen LogP contribution in [0.15, 0.2) is 29.1 Å². The Labute approximate surface area is 167 Å². The zero-order chi connectivity index (χ0) is 20.4. The second-order valence-electron chi connectivity index (χ2n) is 7.19. The first-order valence-electron chi connectivity index (χ1n) is 9.20. The number of aromatic nitrogens is 2. The fourth-order valence-electron chi connectivity index (χ4n) is 2.70. The number of hydrogen-bond acceptors (Lipinski definition) is 6. The quantitative estimate of drug-likeness (QED) is 0.614. The van der Waals surface area contributed by atoms with E-state index in [4.69, 9.17) is 9.47 Å². The third-order valence-corrected chi connectivity index (χ3v) is 5.50. The highest BCUT2D eigenvalue weighted by molar-refractivity contribution is 7.18. The molecule has 0 radical (unpaired) electrons. The summed E-state index contributed by atoms with van der Waals surface area (Å²) < 4.78 is 11.1. The van der Waals surface area contributed by atoms with Crippen molar-refractivity contribution in [2.24, 2.45) is 5.92 Å². The number of carbonyl (C=O) groups excluding carboxylic acids is 1. The first kappa shape index (κ1) is 20.1. The predicted molar refractivity (Wildman–Crippen MR) is 110 cm³/mol. The molecule has 0 spiro atoms. The number of aromatic amines is 1. The zero-order valence-corrected chi connectivity index (χ0v) is 17.5. The molecule has 1 N–H and O–H groups in total. The summed E-state index contributed by atoms with van der Waals surface area (Å²) in [5.41, 5.74) is 1.14. The van der Waals surface area contributed by atoms with Crippen molar-refractivity contribution in [3.63, 3.8) is 0 Å². The molecule has 2 heterocycles. The smallest absolute Gasteiger partial charge is 0.338 e. The van der Waals surface area contributed by atoms with Crippen LogP contribution in [0.4, 0.5) is 0 Å². The van der Waals surface area contributed by atoms with Gasteiger partial charge in [0.25, 0.3) is 5.56 Å². The minimum Gasteiger partial charge on any atom is -0.493 e. The molecule has 0 aliphatic carbocycles.